The first-order chi connectivity index (χ1) is 15.4. The monoisotopic (exact) mass is 447 g/mol. The molecule has 9 nitrogen and oxygen atoms in total. The minimum atomic E-state index is -0.829. The van der Waals surface area contributed by atoms with E-state index in [0.29, 0.717) is 25.8 Å². The predicted molar refractivity (Wildman–Crippen MR) is 117 cm³/mol. The second kappa shape index (κ2) is 12.7. The largest absolute Gasteiger partial charge is 0.465 e. The lowest BCUT2D eigenvalue weighted by Crippen LogP contribution is -2.55. The molecule has 1 aromatic carbocycles. The summed E-state index contributed by atoms with van der Waals surface area (Å²) in [6.07, 6.45) is 1.25. The van der Waals surface area contributed by atoms with Crippen LogP contribution in [0.4, 0.5) is 4.79 Å². The van der Waals surface area contributed by atoms with E-state index >= 15 is 0 Å². The smallest absolute Gasteiger partial charge is 0.410 e. The lowest BCUT2D eigenvalue weighted by Gasteiger charge is -2.28. The third kappa shape index (κ3) is 7.25. The summed E-state index contributed by atoms with van der Waals surface area (Å²) in [6, 6.07) is 7.77. The number of hydrogen-bond donors (Lipinski definition) is 2. The molecule has 3 atom stereocenters. The number of rotatable bonds is 10. The summed E-state index contributed by atoms with van der Waals surface area (Å²) in [5.74, 6) is -1.58. The van der Waals surface area contributed by atoms with Crippen LogP contribution in [0.3, 0.4) is 0 Å². The fraction of sp³-hybridized carbons (Fsp3) is 0.565. The molecule has 1 aromatic rings. The highest BCUT2D eigenvalue weighted by Gasteiger charge is 2.37. The lowest BCUT2D eigenvalue weighted by atomic mass is 9.97. The van der Waals surface area contributed by atoms with Crippen LogP contribution in [0.15, 0.2) is 30.3 Å². The van der Waals surface area contributed by atoms with Crippen LogP contribution in [0.1, 0.15) is 45.6 Å². The van der Waals surface area contributed by atoms with E-state index in [2.05, 4.69) is 10.6 Å². The summed E-state index contributed by atoms with van der Waals surface area (Å²) in [7, 11) is 0. The van der Waals surface area contributed by atoms with E-state index in [0.717, 1.165) is 5.56 Å². The van der Waals surface area contributed by atoms with Gasteiger partial charge in [0.05, 0.1) is 6.61 Å². The fourth-order valence-corrected chi connectivity index (χ4v) is 3.49. The second-order valence-electron chi connectivity index (χ2n) is 7.79. The van der Waals surface area contributed by atoms with Crippen molar-refractivity contribution in [2.24, 2.45) is 5.92 Å². The zero-order valence-corrected chi connectivity index (χ0v) is 19.0. The Morgan fingerprint density at radius 3 is 2.50 bits per heavy atom. The Labute approximate surface area is 188 Å². The molecule has 0 aromatic heterocycles. The standard InChI is InChI=1S/C23H33N3O6/c1-4-16(3)20(22(29)24-14-19(27)31-5-2)25-21(28)18-12-9-13-26(18)23(30)32-15-17-10-7-6-8-11-17/h6-8,10-11,16,18,20H,4-5,9,12-15H2,1-3H3,(H,24,29)(H,25,28)/t16?,18-,20-/m0/s1. The van der Waals surface area contributed by atoms with Gasteiger partial charge in [0.15, 0.2) is 0 Å². The van der Waals surface area contributed by atoms with E-state index < -0.39 is 36.0 Å². The maximum absolute atomic E-state index is 13.0. The summed E-state index contributed by atoms with van der Waals surface area (Å²) in [5.41, 5.74) is 0.858. The molecule has 1 aliphatic rings. The number of ether oxygens (including phenoxy) is 2. The molecule has 9 heteroatoms. The molecule has 0 radical (unpaired) electrons. The van der Waals surface area contributed by atoms with Gasteiger partial charge in [0.2, 0.25) is 11.8 Å². The first kappa shape index (κ1) is 25.2. The molecule has 176 valence electrons. The molecule has 2 N–H and O–H groups in total. The Morgan fingerprint density at radius 1 is 1.12 bits per heavy atom. The summed E-state index contributed by atoms with van der Waals surface area (Å²) in [4.78, 5) is 51.1. The number of nitrogens with zero attached hydrogens (tertiary/aromatic N) is 1. The molecule has 0 saturated carbocycles. The Hall–Kier alpha value is -3.10. The molecule has 1 aliphatic heterocycles. The maximum Gasteiger partial charge on any atom is 0.410 e. The van der Waals surface area contributed by atoms with Gasteiger partial charge in [-0.15, -0.1) is 0 Å². The van der Waals surface area contributed by atoms with Gasteiger partial charge in [-0.05, 0) is 31.2 Å². The van der Waals surface area contributed by atoms with Gasteiger partial charge in [0, 0.05) is 6.54 Å². The van der Waals surface area contributed by atoms with Crippen LogP contribution in [-0.4, -0.2) is 60.6 Å². The Kier molecular flexibility index (Phi) is 9.97. The normalized spacial score (nSPS) is 17.2. The predicted octanol–water partition coefficient (Wildman–Crippen LogP) is 2.00. The number of esters is 1. The van der Waals surface area contributed by atoms with E-state index in [4.69, 9.17) is 9.47 Å². The molecular formula is C23H33N3O6. The molecule has 0 aliphatic carbocycles. The maximum atomic E-state index is 13.0. The molecule has 1 unspecified atom stereocenters. The highest BCUT2D eigenvalue weighted by Crippen LogP contribution is 2.20. The van der Waals surface area contributed by atoms with Crippen molar-refractivity contribution in [3.63, 3.8) is 0 Å². The van der Waals surface area contributed by atoms with Crippen molar-refractivity contribution in [1.82, 2.24) is 15.5 Å². The van der Waals surface area contributed by atoms with Crippen LogP contribution in [0.5, 0.6) is 0 Å². The van der Waals surface area contributed by atoms with Gasteiger partial charge >= 0.3 is 12.1 Å². The quantitative estimate of drug-likeness (QED) is 0.530. The molecular weight excluding hydrogens is 414 g/mol. The first-order valence-corrected chi connectivity index (χ1v) is 11.1. The molecule has 2 rings (SSSR count). The minimum Gasteiger partial charge on any atom is -0.465 e. The summed E-state index contributed by atoms with van der Waals surface area (Å²) < 4.78 is 10.2. The number of carbonyl (C=O) groups excluding carboxylic acids is 4. The van der Waals surface area contributed by atoms with E-state index in [-0.39, 0.29) is 25.7 Å². The number of hydrogen-bond acceptors (Lipinski definition) is 6. The van der Waals surface area contributed by atoms with Gasteiger partial charge in [-0.25, -0.2) is 4.79 Å². The van der Waals surface area contributed by atoms with Gasteiger partial charge in [0.25, 0.3) is 0 Å². The highest BCUT2D eigenvalue weighted by atomic mass is 16.6. The number of amides is 3. The third-order valence-electron chi connectivity index (χ3n) is 5.50. The van der Waals surface area contributed by atoms with Crippen molar-refractivity contribution >= 4 is 23.9 Å². The van der Waals surface area contributed by atoms with Crippen molar-refractivity contribution in [2.75, 3.05) is 19.7 Å². The van der Waals surface area contributed by atoms with Gasteiger partial charge < -0.3 is 20.1 Å². The van der Waals surface area contributed by atoms with Gasteiger partial charge in [0.1, 0.15) is 25.2 Å². The van der Waals surface area contributed by atoms with Crippen molar-refractivity contribution in [3.8, 4) is 0 Å². The van der Waals surface area contributed by atoms with Crippen molar-refractivity contribution in [2.45, 2.75) is 58.7 Å². The Bertz CT molecular complexity index is 785. The Morgan fingerprint density at radius 2 is 1.84 bits per heavy atom. The van der Waals surface area contributed by atoms with E-state index in [1.54, 1.807) is 6.92 Å². The van der Waals surface area contributed by atoms with Crippen LogP contribution in [0.2, 0.25) is 0 Å². The second-order valence-corrected chi connectivity index (χ2v) is 7.79. The fourth-order valence-electron chi connectivity index (χ4n) is 3.49. The number of carbonyl (C=O) groups is 4. The van der Waals surface area contributed by atoms with Crippen molar-refractivity contribution in [3.05, 3.63) is 35.9 Å². The minimum absolute atomic E-state index is 0.121. The Balaban J connectivity index is 1.97. The zero-order valence-electron chi connectivity index (χ0n) is 19.0. The molecule has 3 amide bonds. The molecule has 1 fully saturated rings. The number of nitrogens with one attached hydrogen (secondary N) is 2. The van der Waals surface area contributed by atoms with Crippen LogP contribution in [-0.2, 0) is 30.5 Å². The molecule has 32 heavy (non-hydrogen) atoms. The van der Waals surface area contributed by atoms with Crippen LogP contribution in [0.25, 0.3) is 0 Å². The number of benzene rings is 1. The lowest BCUT2D eigenvalue weighted by molar-refractivity contribution is -0.143. The van der Waals surface area contributed by atoms with E-state index in [1.807, 2.05) is 44.2 Å². The van der Waals surface area contributed by atoms with Gasteiger partial charge in [-0.1, -0.05) is 50.6 Å². The average Bonchev–Trinajstić information content (AvgIpc) is 3.30. The third-order valence-corrected chi connectivity index (χ3v) is 5.50. The number of likely N-dealkylation sites (tertiary alicyclic amines) is 1. The van der Waals surface area contributed by atoms with Crippen LogP contribution in [0, 0.1) is 5.92 Å². The molecule has 0 bridgehead atoms. The van der Waals surface area contributed by atoms with E-state index in [1.165, 1.54) is 4.90 Å². The van der Waals surface area contributed by atoms with Crippen LogP contribution >= 0.6 is 0 Å². The summed E-state index contributed by atoms with van der Waals surface area (Å²) >= 11 is 0. The van der Waals surface area contributed by atoms with Gasteiger partial charge in [-0.2, -0.15) is 0 Å². The SMILES string of the molecule is CCOC(=O)CNC(=O)[C@@H](NC(=O)[C@@H]1CCCN1C(=O)OCc1ccccc1)C(C)CC. The van der Waals surface area contributed by atoms with Gasteiger partial charge in [-0.3, -0.25) is 19.3 Å². The zero-order chi connectivity index (χ0) is 23.5. The first-order valence-electron chi connectivity index (χ1n) is 11.1. The molecule has 0 spiro atoms. The molecule has 1 saturated heterocycles. The molecule has 1 heterocycles. The van der Waals surface area contributed by atoms with Crippen LogP contribution < -0.4 is 10.6 Å². The average molecular weight is 448 g/mol. The topological polar surface area (TPSA) is 114 Å². The summed E-state index contributed by atoms with van der Waals surface area (Å²) in [5, 5.41) is 5.29. The van der Waals surface area contributed by atoms with Crippen molar-refractivity contribution in [1.29, 1.82) is 0 Å². The summed E-state index contributed by atoms with van der Waals surface area (Å²) in [6.45, 7) is 5.92. The van der Waals surface area contributed by atoms with Crippen molar-refractivity contribution < 1.29 is 28.7 Å². The van der Waals surface area contributed by atoms with E-state index in [9.17, 15) is 19.2 Å². The highest BCUT2D eigenvalue weighted by molar-refractivity contribution is 5.92.